The Balaban J connectivity index is 1.55. The van der Waals surface area contributed by atoms with Gasteiger partial charge >= 0.3 is 36.2 Å². The predicted octanol–water partition coefficient (Wildman–Crippen LogP) is 8.04. The molecular weight excluding hydrogens is 1220 g/mol. The van der Waals surface area contributed by atoms with Crippen molar-refractivity contribution in [3.05, 3.63) is 95.6 Å². The van der Waals surface area contributed by atoms with Crippen LogP contribution in [0.15, 0.2) is 73.3 Å². The molecule has 0 N–H and O–H groups in total. The maximum atomic E-state index is 15.1. The van der Waals surface area contributed by atoms with Crippen molar-refractivity contribution in [1.82, 2.24) is 39.2 Å². The lowest BCUT2D eigenvalue weighted by Gasteiger charge is -2.35. The van der Waals surface area contributed by atoms with Gasteiger partial charge in [-0.05, 0) is 85.5 Å². The summed E-state index contributed by atoms with van der Waals surface area (Å²) in [5.41, 5.74) is 2.16. The number of hydrogen-bond donors (Lipinski definition) is 0. The van der Waals surface area contributed by atoms with Crippen molar-refractivity contribution in [1.29, 1.82) is 0 Å². The van der Waals surface area contributed by atoms with Gasteiger partial charge in [0.2, 0.25) is 0 Å². The minimum atomic E-state index is -4.56. The van der Waals surface area contributed by atoms with Crippen molar-refractivity contribution in [2.75, 3.05) is 41.4 Å². The van der Waals surface area contributed by atoms with E-state index in [4.69, 9.17) is 28.4 Å². The number of benzene rings is 2. The molecule has 1 aliphatic heterocycles. The number of hydrogen-bond acceptors (Lipinski definition) is 16. The third-order valence-corrected chi connectivity index (χ3v) is 15.1. The number of nitrogens with zero attached hydrogens (tertiary/aromatic N) is 8. The van der Waals surface area contributed by atoms with Gasteiger partial charge in [0.1, 0.15) is 24.2 Å². The quantitative estimate of drug-likeness (QED) is 0.0462. The van der Waals surface area contributed by atoms with Crippen molar-refractivity contribution >= 4 is 47.5 Å². The van der Waals surface area contributed by atoms with Crippen molar-refractivity contribution in [3.63, 3.8) is 0 Å². The Bertz CT molecular complexity index is 2910. The standard InChI is InChI=1S/C64H86F6N8O14/c1-37(2)23-49-59(83)89-41(9)55(79)73(11)52(26-40(7)8)62(86)92-54(28-44-17-21-46(22-18-44)32-78-34-48(30-72-78)88-36-64(68,69)70)58(82)76(14)50(24-38(3)4)60(84)90-42(10)56(80)74(12)51(25-39(5)6)61(85)91-53(57(81)75(49)13)27-43-15-19-45(20-16-43)31-77-33-47(29-71-77)87-35-63(65,66)67/h15-22,29-30,33-34,37-42,49-54H,23-28,31-32,35-36H2,1-14H3/t41-,42-,49+,50+,51+,52+,53-,54-/m1/s1. The van der Waals surface area contributed by atoms with Crippen LogP contribution in [0.1, 0.15) is 117 Å². The largest absolute Gasteiger partial charge is 0.481 e. The second kappa shape index (κ2) is 32.9. The van der Waals surface area contributed by atoms with Crippen LogP contribution in [0, 0.1) is 23.7 Å². The van der Waals surface area contributed by atoms with Crippen LogP contribution in [0.4, 0.5) is 26.3 Å². The Morgan fingerprint density at radius 3 is 0.957 bits per heavy atom. The number of likely N-dealkylation sites (N-methyl/N-ethyl adjacent to an activating group) is 4. The summed E-state index contributed by atoms with van der Waals surface area (Å²) in [6.07, 6.45) is -11.4. The molecule has 22 nitrogen and oxygen atoms in total. The molecule has 0 unspecified atom stereocenters. The molecule has 508 valence electrons. The second-order valence-corrected chi connectivity index (χ2v) is 25.0. The highest BCUT2D eigenvalue weighted by atomic mass is 19.4. The van der Waals surface area contributed by atoms with Gasteiger partial charge in [-0.15, -0.1) is 0 Å². The number of ether oxygens (including phenoxy) is 6. The number of carbonyl (C=O) groups excluding carboxylic acids is 8. The first-order valence-corrected chi connectivity index (χ1v) is 30.4. The van der Waals surface area contributed by atoms with E-state index in [-0.39, 0.29) is 86.8 Å². The van der Waals surface area contributed by atoms with Gasteiger partial charge in [-0.25, -0.2) is 19.2 Å². The van der Waals surface area contributed by atoms with Crippen LogP contribution in [0.2, 0.25) is 0 Å². The van der Waals surface area contributed by atoms with Crippen LogP contribution in [-0.2, 0) is 83.2 Å². The van der Waals surface area contributed by atoms with E-state index in [0.717, 1.165) is 32.0 Å². The van der Waals surface area contributed by atoms with Gasteiger partial charge in [0, 0.05) is 41.0 Å². The molecule has 0 spiro atoms. The molecule has 0 saturated carbocycles. The average molecular weight is 1310 g/mol. The SMILES string of the molecule is CC(C)C[C@H]1C(=O)O[C@H](Cc2ccc(Cn3cc(OCC(F)(F)F)cn3)cc2)C(=O)N(C)[C@@H](CC(C)C)C(=O)O[C@H](C)C(=O)N(C)[C@@H](CC(C)C)C(=O)O[C@H](Cc2ccc(Cn3cc(OCC(F)(F)F)cn3)cc2)C(=O)N(C)[C@@H](CC(C)C)C(=O)O[C@H](C)C(=O)N1C. The number of carbonyl (C=O) groups is 8. The number of halogens is 6. The summed E-state index contributed by atoms with van der Waals surface area (Å²) in [6.45, 7) is 14.0. The third-order valence-electron chi connectivity index (χ3n) is 15.1. The summed E-state index contributed by atoms with van der Waals surface area (Å²) < 4.78 is 113. The van der Waals surface area contributed by atoms with E-state index in [0.29, 0.717) is 22.3 Å². The molecule has 4 aromatic rings. The summed E-state index contributed by atoms with van der Waals surface area (Å²) in [7, 11) is 5.22. The van der Waals surface area contributed by atoms with Crippen LogP contribution >= 0.6 is 0 Å². The van der Waals surface area contributed by atoms with Crippen LogP contribution in [0.5, 0.6) is 11.5 Å². The normalized spacial score (nSPS) is 22.1. The second-order valence-electron chi connectivity index (χ2n) is 25.0. The maximum absolute atomic E-state index is 15.1. The Kier molecular flexibility index (Phi) is 26.6. The molecule has 2 aromatic carbocycles. The van der Waals surface area contributed by atoms with Gasteiger partial charge in [-0.1, -0.05) is 104 Å². The zero-order valence-corrected chi connectivity index (χ0v) is 54.5. The highest BCUT2D eigenvalue weighted by Gasteiger charge is 2.43. The van der Waals surface area contributed by atoms with E-state index in [1.54, 1.807) is 104 Å². The first kappa shape index (κ1) is 74.5. The Hall–Kier alpha value is -8.20. The van der Waals surface area contributed by atoms with E-state index < -0.39 is 122 Å². The van der Waals surface area contributed by atoms with Crippen molar-refractivity contribution in [3.8, 4) is 11.5 Å². The molecule has 0 aliphatic carbocycles. The van der Waals surface area contributed by atoms with Gasteiger partial charge < -0.3 is 48.0 Å². The van der Waals surface area contributed by atoms with E-state index in [2.05, 4.69) is 10.2 Å². The molecule has 4 amide bonds. The summed E-state index contributed by atoms with van der Waals surface area (Å²) in [5.74, 6) is -8.89. The van der Waals surface area contributed by atoms with Crippen molar-refractivity contribution in [2.24, 2.45) is 23.7 Å². The first-order chi connectivity index (χ1) is 42.9. The lowest BCUT2D eigenvalue weighted by molar-refractivity contribution is -0.176. The van der Waals surface area contributed by atoms with Crippen molar-refractivity contribution in [2.45, 2.75) is 182 Å². The Morgan fingerprint density at radius 2 is 0.685 bits per heavy atom. The zero-order chi connectivity index (χ0) is 68.7. The van der Waals surface area contributed by atoms with Crippen molar-refractivity contribution < 1.29 is 93.1 Å². The van der Waals surface area contributed by atoms with E-state index >= 15 is 9.59 Å². The Labute approximate surface area is 532 Å². The van der Waals surface area contributed by atoms with Gasteiger partial charge in [0.15, 0.2) is 49.1 Å². The molecule has 92 heavy (non-hydrogen) atoms. The monoisotopic (exact) mass is 1300 g/mol. The summed E-state index contributed by atoms with van der Waals surface area (Å²) >= 11 is 0. The first-order valence-electron chi connectivity index (χ1n) is 30.4. The molecule has 1 saturated heterocycles. The number of alkyl halides is 6. The number of amides is 4. The molecule has 8 atom stereocenters. The van der Waals surface area contributed by atoms with Gasteiger partial charge in [0.05, 0.1) is 37.9 Å². The molecule has 28 heteroatoms. The smallest absolute Gasteiger partial charge is 0.422 e. The van der Waals surface area contributed by atoms with Gasteiger partial charge in [-0.3, -0.25) is 28.5 Å². The van der Waals surface area contributed by atoms with Crippen LogP contribution in [0.25, 0.3) is 0 Å². The lowest BCUT2D eigenvalue weighted by Crippen LogP contribution is -2.55. The molecule has 5 rings (SSSR count). The molecule has 1 aliphatic rings. The molecule has 0 radical (unpaired) electrons. The predicted molar refractivity (Wildman–Crippen MR) is 321 cm³/mol. The average Bonchev–Trinajstić information content (AvgIpc) is 1.13. The van der Waals surface area contributed by atoms with E-state index in [9.17, 15) is 55.1 Å². The minimum absolute atomic E-state index is 0.0186. The summed E-state index contributed by atoms with van der Waals surface area (Å²) in [5, 5.41) is 8.15. The van der Waals surface area contributed by atoms with Gasteiger partial charge in [-0.2, -0.15) is 36.5 Å². The molecular formula is C64H86F6N8O14. The molecule has 3 heterocycles. The topological polar surface area (TPSA) is 241 Å². The Morgan fingerprint density at radius 1 is 0.424 bits per heavy atom. The number of aromatic nitrogens is 4. The van der Waals surface area contributed by atoms with E-state index in [1.807, 2.05) is 0 Å². The van der Waals surface area contributed by atoms with Gasteiger partial charge in [0.25, 0.3) is 23.6 Å². The fourth-order valence-corrected chi connectivity index (χ4v) is 10.2. The highest BCUT2D eigenvalue weighted by Crippen LogP contribution is 2.26. The molecule has 2 aromatic heterocycles. The summed E-state index contributed by atoms with van der Waals surface area (Å²) in [6, 6.07) is 7.56. The number of cyclic esters (lactones) is 4. The lowest BCUT2D eigenvalue weighted by atomic mass is 9.99. The van der Waals surface area contributed by atoms with Crippen LogP contribution in [0.3, 0.4) is 0 Å². The number of esters is 4. The fraction of sp³-hybridized carbons (Fsp3) is 0.594. The van der Waals surface area contributed by atoms with Crippen LogP contribution < -0.4 is 9.47 Å². The summed E-state index contributed by atoms with van der Waals surface area (Å²) in [4.78, 5) is 122. The molecule has 1 fully saturated rings. The highest BCUT2D eigenvalue weighted by molar-refractivity contribution is 5.94. The van der Waals surface area contributed by atoms with E-state index in [1.165, 1.54) is 63.8 Å². The molecule has 0 bridgehead atoms. The fourth-order valence-electron chi connectivity index (χ4n) is 10.2. The van der Waals surface area contributed by atoms with Crippen LogP contribution in [-0.4, -0.2) is 189 Å². The number of rotatable bonds is 20. The third kappa shape index (κ3) is 22.6. The minimum Gasteiger partial charge on any atom is -0.481 e. The maximum Gasteiger partial charge on any atom is 0.422 e. The zero-order valence-electron chi connectivity index (χ0n) is 54.5.